The lowest BCUT2D eigenvalue weighted by molar-refractivity contribution is 0.0562. The van der Waals surface area contributed by atoms with Crippen molar-refractivity contribution < 1.29 is 9.59 Å². The SMILES string of the molecule is Cc1cc(C(=O)NCC2Cn3cccc3C(=O)N2Cc2cccnc2)nn1C. The average Bonchev–Trinajstić information content (AvgIpc) is 3.30. The molecular formula is C20H22N6O2. The maximum absolute atomic E-state index is 13.0. The van der Waals surface area contributed by atoms with Crippen molar-refractivity contribution in [3.63, 3.8) is 0 Å². The second-order valence-corrected chi connectivity index (χ2v) is 7.00. The number of pyridine rings is 1. The molecule has 8 heteroatoms. The van der Waals surface area contributed by atoms with E-state index in [4.69, 9.17) is 0 Å². The topological polar surface area (TPSA) is 85.1 Å². The Morgan fingerprint density at radius 3 is 2.89 bits per heavy atom. The van der Waals surface area contributed by atoms with Crippen molar-refractivity contribution in [3.05, 3.63) is 71.6 Å². The molecule has 4 rings (SSSR count). The molecule has 8 nitrogen and oxygen atoms in total. The molecule has 28 heavy (non-hydrogen) atoms. The highest BCUT2D eigenvalue weighted by Crippen LogP contribution is 2.20. The first-order chi connectivity index (χ1) is 13.5. The standard InChI is InChI=1S/C20H22N6O2/c1-14-9-17(23-24(14)2)19(27)22-11-16-13-25-8-4-6-18(25)20(28)26(16)12-15-5-3-7-21-10-15/h3-10,16H,11-13H2,1-2H3,(H,22,27). The molecule has 1 aliphatic rings. The number of carbonyl (C=O) groups is 2. The first-order valence-corrected chi connectivity index (χ1v) is 9.17. The van der Waals surface area contributed by atoms with Crippen molar-refractivity contribution in [3.8, 4) is 0 Å². The molecule has 2 amide bonds. The fourth-order valence-corrected chi connectivity index (χ4v) is 3.44. The van der Waals surface area contributed by atoms with Crippen molar-refractivity contribution in [2.24, 2.45) is 7.05 Å². The second-order valence-electron chi connectivity index (χ2n) is 7.00. The van der Waals surface area contributed by atoms with Gasteiger partial charge in [-0.25, -0.2) is 0 Å². The van der Waals surface area contributed by atoms with Gasteiger partial charge in [-0.3, -0.25) is 19.3 Å². The summed E-state index contributed by atoms with van der Waals surface area (Å²) in [6.07, 6.45) is 5.36. The van der Waals surface area contributed by atoms with Gasteiger partial charge in [-0.15, -0.1) is 0 Å². The lowest BCUT2D eigenvalue weighted by atomic mass is 10.1. The third kappa shape index (κ3) is 3.40. The number of aryl methyl sites for hydroxylation is 2. The van der Waals surface area contributed by atoms with E-state index in [1.165, 1.54) is 0 Å². The fraction of sp³-hybridized carbons (Fsp3) is 0.300. The van der Waals surface area contributed by atoms with Crippen LogP contribution in [0.1, 0.15) is 32.2 Å². The van der Waals surface area contributed by atoms with Crippen molar-refractivity contribution in [2.75, 3.05) is 6.54 Å². The third-order valence-corrected chi connectivity index (χ3v) is 5.08. The minimum absolute atomic E-state index is 0.0481. The number of fused-ring (bicyclic) bond motifs is 1. The first-order valence-electron chi connectivity index (χ1n) is 9.17. The number of nitrogens with one attached hydrogen (secondary N) is 1. The summed E-state index contributed by atoms with van der Waals surface area (Å²) in [6.45, 7) is 3.31. The van der Waals surface area contributed by atoms with E-state index in [-0.39, 0.29) is 17.9 Å². The van der Waals surface area contributed by atoms with Crippen LogP contribution in [0.4, 0.5) is 0 Å². The zero-order valence-corrected chi connectivity index (χ0v) is 15.9. The van der Waals surface area contributed by atoms with E-state index in [1.54, 1.807) is 35.1 Å². The van der Waals surface area contributed by atoms with E-state index in [2.05, 4.69) is 15.4 Å². The predicted octanol–water partition coefficient (Wildman–Crippen LogP) is 1.38. The van der Waals surface area contributed by atoms with Crippen LogP contribution < -0.4 is 5.32 Å². The van der Waals surface area contributed by atoms with Crippen LogP contribution in [-0.4, -0.2) is 48.6 Å². The smallest absolute Gasteiger partial charge is 0.271 e. The van der Waals surface area contributed by atoms with Crippen LogP contribution in [0.2, 0.25) is 0 Å². The Morgan fingerprint density at radius 1 is 1.32 bits per heavy atom. The zero-order chi connectivity index (χ0) is 19.7. The van der Waals surface area contributed by atoms with Crippen molar-refractivity contribution in [1.29, 1.82) is 0 Å². The van der Waals surface area contributed by atoms with Crippen LogP contribution in [0.25, 0.3) is 0 Å². The summed E-state index contributed by atoms with van der Waals surface area (Å²) in [5.41, 5.74) is 2.90. The van der Waals surface area contributed by atoms with Crippen molar-refractivity contribution >= 4 is 11.8 Å². The molecule has 4 heterocycles. The summed E-state index contributed by atoms with van der Waals surface area (Å²) in [4.78, 5) is 31.4. The Labute approximate surface area is 162 Å². The Balaban J connectivity index is 1.52. The molecule has 0 spiro atoms. The lowest BCUT2D eigenvalue weighted by Gasteiger charge is -2.36. The molecule has 1 aliphatic heterocycles. The van der Waals surface area contributed by atoms with E-state index >= 15 is 0 Å². The summed E-state index contributed by atoms with van der Waals surface area (Å²) in [5.74, 6) is -0.288. The molecule has 0 saturated heterocycles. The van der Waals surface area contributed by atoms with Gasteiger partial charge in [0.05, 0.1) is 6.04 Å². The van der Waals surface area contributed by atoms with E-state index in [0.29, 0.717) is 31.0 Å². The monoisotopic (exact) mass is 378 g/mol. The van der Waals surface area contributed by atoms with Crippen LogP contribution in [0.3, 0.4) is 0 Å². The maximum atomic E-state index is 13.0. The zero-order valence-electron chi connectivity index (χ0n) is 15.9. The highest BCUT2D eigenvalue weighted by molar-refractivity contribution is 5.94. The number of carbonyl (C=O) groups excluding carboxylic acids is 2. The highest BCUT2D eigenvalue weighted by atomic mass is 16.2. The van der Waals surface area contributed by atoms with Gasteiger partial charge in [-0.1, -0.05) is 6.07 Å². The van der Waals surface area contributed by atoms with Crippen LogP contribution in [-0.2, 0) is 20.1 Å². The van der Waals surface area contributed by atoms with Gasteiger partial charge in [-0.05, 0) is 36.8 Å². The van der Waals surface area contributed by atoms with Crippen LogP contribution >= 0.6 is 0 Å². The Morgan fingerprint density at radius 2 is 2.18 bits per heavy atom. The summed E-state index contributed by atoms with van der Waals surface area (Å²) in [5, 5.41) is 7.14. The van der Waals surface area contributed by atoms with Crippen LogP contribution in [0.15, 0.2) is 48.9 Å². The van der Waals surface area contributed by atoms with Crippen LogP contribution in [0, 0.1) is 6.92 Å². The summed E-state index contributed by atoms with van der Waals surface area (Å²) < 4.78 is 3.60. The summed E-state index contributed by atoms with van der Waals surface area (Å²) >= 11 is 0. The first kappa shape index (κ1) is 18.0. The molecule has 3 aromatic rings. The van der Waals surface area contributed by atoms with E-state index in [0.717, 1.165) is 11.3 Å². The summed E-state index contributed by atoms with van der Waals surface area (Å²) in [6, 6.07) is 9.07. The minimum atomic E-state index is -0.240. The van der Waals surface area contributed by atoms with Gasteiger partial charge in [0, 0.05) is 51.0 Å². The van der Waals surface area contributed by atoms with Gasteiger partial charge in [0.2, 0.25) is 0 Å². The van der Waals surface area contributed by atoms with Gasteiger partial charge in [-0.2, -0.15) is 5.10 Å². The highest BCUT2D eigenvalue weighted by Gasteiger charge is 2.32. The van der Waals surface area contributed by atoms with Gasteiger partial charge in [0.15, 0.2) is 0 Å². The van der Waals surface area contributed by atoms with Gasteiger partial charge in [0.25, 0.3) is 11.8 Å². The molecule has 144 valence electrons. The number of hydrogen-bond donors (Lipinski definition) is 1. The van der Waals surface area contributed by atoms with Gasteiger partial charge < -0.3 is 14.8 Å². The minimum Gasteiger partial charge on any atom is -0.349 e. The van der Waals surface area contributed by atoms with Crippen molar-refractivity contribution in [1.82, 2.24) is 29.5 Å². The second kappa shape index (κ2) is 7.30. The van der Waals surface area contributed by atoms with Gasteiger partial charge in [0.1, 0.15) is 11.4 Å². The molecule has 3 aromatic heterocycles. The Hall–Kier alpha value is -3.42. The molecule has 1 atom stereocenters. The molecular weight excluding hydrogens is 356 g/mol. The van der Waals surface area contributed by atoms with Crippen molar-refractivity contribution in [2.45, 2.75) is 26.1 Å². The molecule has 0 radical (unpaired) electrons. The van der Waals surface area contributed by atoms with E-state index in [1.807, 2.05) is 42.0 Å². The largest absolute Gasteiger partial charge is 0.349 e. The Bertz CT molecular complexity index is 987. The van der Waals surface area contributed by atoms with E-state index < -0.39 is 0 Å². The molecule has 0 aliphatic carbocycles. The Kier molecular flexibility index (Phi) is 4.68. The molecule has 1 N–H and O–H groups in total. The predicted molar refractivity (Wildman–Crippen MR) is 103 cm³/mol. The van der Waals surface area contributed by atoms with Gasteiger partial charge >= 0.3 is 0 Å². The number of amides is 2. The lowest BCUT2D eigenvalue weighted by Crippen LogP contribution is -2.52. The molecule has 1 unspecified atom stereocenters. The fourth-order valence-electron chi connectivity index (χ4n) is 3.44. The number of rotatable bonds is 5. The van der Waals surface area contributed by atoms with Crippen LogP contribution in [0.5, 0.6) is 0 Å². The average molecular weight is 378 g/mol. The number of aromatic nitrogens is 4. The number of hydrogen-bond acceptors (Lipinski definition) is 4. The third-order valence-electron chi connectivity index (χ3n) is 5.08. The summed E-state index contributed by atoms with van der Waals surface area (Å²) in [7, 11) is 1.80. The normalized spacial score (nSPS) is 16.1. The maximum Gasteiger partial charge on any atom is 0.271 e. The molecule has 0 aromatic carbocycles. The van der Waals surface area contributed by atoms with E-state index in [9.17, 15) is 9.59 Å². The quantitative estimate of drug-likeness (QED) is 0.727. The molecule has 0 fully saturated rings. The molecule has 0 saturated carbocycles. The molecule has 0 bridgehead atoms. The number of nitrogens with zero attached hydrogens (tertiary/aromatic N) is 5.